The fraction of sp³-hybridized carbons (Fsp3) is 0.786. The number of rotatable bonds is 2. The normalized spacial score (nSPS) is 22.9. The van der Waals surface area contributed by atoms with Crippen molar-refractivity contribution in [1.29, 1.82) is 0 Å². The van der Waals surface area contributed by atoms with E-state index < -0.39 is 0 Å². The molecule has 1 aromatic heterocycles. The molecule has 2 N–H and O–H groups in total. The number of hydrogen-bond acceptors (Lipinski definition) is 3. The van der Waals surface area contributed by atoms with Gasteiger partial charge in [0.2, 0.25) is 0 Å². The van der Waals surface area contributed by atoms with Crippen molar-refractivity contribution < 1.29 is 0 Å². The van der Waals surface area contributed by atoms with Crippen LogP contribution in [-0.2, 0) is 13.6 Å². The van der Waals surface area contributed by atoms with Crippen LogP contribution < -0.4 is 10.6 Å². The number of aromatic nitrogens is 2. The van der Waals surface area contributed by atoms with E-state index in [4.69, 9.17) is 5.73 Å². The van der Waals surface area contributed by atoms with Gasteiger partial charge < -0.3 is 10.6 Å². The number of nitrogens with two attached hydrogens (primary N) is 1. The summed E-state index contributed by atoms with van der Waals surface area (Å²) < 4.78 is 1.88. The van der Waals surface area contributed by atoms with E-state index in [2.05, 4.69) is 10.00 Å². The quantitative estimate of drug-likeness (QED) is 0.871. The van der Waals surface area contributed by atoms with Gasteiger partial charge in [-0.25, -0.2) is 0 Å². The van der Waals surface area contributed by atoms with Crippen molar-refractivity contribution >= 4 is 5.82 Å². The second-order valence-electron chi connectivity index (χ2n) is 6.13. The zero-order valence-corrected chi connectivity index (χ0v) is 11.4. The van der Waals surface area contributed by atoms with Crippen LogP contribution in [0.1, 0.15) is 44.1 Å². The van der Waals surface area contributed by atoms with Crippen LogP contribution in [-0.4, -0.2) is 22.9 Å². The minimum absolute atomic E-state index is 0.590. The predicted molar refractivity (Wildman–Crippen MR) is 73.4 cm³/mol. The molecule has 100 valence electrons. The van der Waals surface area contributed by atoms with Crippen LogP contribution in [0.5, 0.6) is 0 Å². The standard InChI is InChI=1S/C14H24N4/c1-17-9-12(8-15)13(16-17)18-10-14(11-18)6-4-2-3-5-7-14/h9H,2-8,10-11,15H2,1H3. The summed E-state index contributed by atoms with van der Waals surface area (Å²) in [5, 5.41) is 4.57. The fourth-order valence-corrected chi connectivity index (χ4v) is 3.64. The summed E-state index contributed by atoms with van der Waals surface area (Å²) in [5.74, 6) is 1.12. The van der Waals surface area contributed by atoms with E-state index in [1.54, 1.807) is 0 Å². The molecule has 1 saturated carbocycles. The smallest absolute Gasteiger partial charge is 0.155 e. The minimum atomic E-state index is 0.590. The molecular weight excluding hydrogens is 224 g/mol. The Morgan fingerprint density at radius 3 is 2.50 bits per heavy atom. The molecule has 0 atom stereocenters. The predicted octanol–water partition coefficient (Wildman–Crippen LogP) is 2.04. The van der Waals surface area contributed by atoms with Crippen LogP contribution in [0.4, 0.5) is 5.82 Å². The molecule has 1 aliphatic carbocycles. The number of hydrogen-bond donors (Lipinski definition) is 1. The van der Waals surface area contributed by atoms with Crippen LogP contribution in [0.2, 0.25) is 0 Å². The highest BCUT2D eigenvalue weighted by molar-refractivity contribution is 5.49. The molecule has 0 aromatic carbocycles. The van der Waals surface area contributed by atoms with Crippen LogP contribution >= 0.6 is 0 Å². The molecule has 2 fully saturated rings. The number of nitrogens with zero attached hydrogens (tertiary/aromatic N) is 3. The molecule has 4 nitrogen and oxygen atoms in total. The Bertz CT molecular complexity index is 407. The second-order valence-corrected chi connectivity index (χ2v) is 6.13. The summed E-state index contributed by atoms with van der Waals surface area (Å²) in [6.07, 6.45) is 10.6. The summed E-state index contributed by atoms with van der Waals surface area (Å²) in [4.78, 5) is 2.42. The molecule has 0 unspecified atom stereocenters. The van der Waals surface area contributed by atoms with Gasteiger partial charge in [-0.3, -0.25) is 4.68 Å². The van der Waals surface area contributed by atoms with Gasteiger partial charge >= 0.3 is 0 Å². The Hall–Kier alpha value is -1.03. The fourth-order valence-electron chi connectivity index (χ4n) is 3.64. The average molecular weight is 248 g/mol. The third-order valence-corrected chi connectivity index (χ3v) is 4.62. The molecule has 1 saturated heterocycles. The minimum Gasteiger partial charge on any atom is -0.354 e. The maximum absolute atomic E-state index is 5.80. The van der Waals surface area contributed by atoms with Gasteiger partial charge in [0.05, 0.1) is 0 Å². The molecular formula is C14H24N4. The summed E-state index contributed by atoms with van der Waals surface area (Å²) in [6.45, 7) is 2.97. The Morgan fingerprint density at radius 1 is 1.22 bits per heavy atom. The van der Waals surface area contributed by atoms with Crippen molar-refractivity contribution in [2.24, 2.45) is 18.2 Å². The molecule has 18 heavy (non-hydrogen) atoms. The largest absolute Gasteiger partial charge is 0.354 e. The van der Waals surface area contributed by atoms with Crippen LogP contribution in [0.3, 0.4) is 0 Å². The SMILES string of the molecule is Cn1cc(CN)c(N2CC3(CCCCCC3)C2)n1. The van der Waals surface area contributed by atoms with Gasteiger partial charge in [-0.05, 0) is 12.8 Å². The van der Waals surface area contributed by atoms with Crippen molar-refractivity contribution in [3.63, 3.8) is 0 Å². The van der Waals surface area contributed by atoms with Gasteiger partial charge in [-0.15, -0.1) is 0 Å². The van der Waals surface area contributed by atoms with Crippen molar-refractivity contribution in [3.8, 4) is 0 Å². The van der Waals surface area contributed by atoms with E-state index in [1.807, 2.05) is 17.9 Å². The highest BCUT2D eigenvalue weighted by atomic mass is 15.4. The third kappa shape index (κ3) is 2.03. The van der Waals surface area contributed by atoms with Gasteiger partial charge in [0, 0.05) is 43.9 Å². The number of anilines is 1. The first-order valence-electron chi connectivity index (χ1n) is 7.20. The third-order valence-electron chi connectivity index (χ3n) is 4.62. The first kappa shape index (κ1) is 12.0. The summed E-state index contributed by atoms with van der Waals surface area (Å²) in [7, 11) is 1.98. The van der Waals surface area contributed by atoms with Gasteiger partial charge in [-0.2, -0.15) is 5.10 Å². The van der Waals surface area contributed by atoms with Crippen LogP contribution in [0.25, 0.3) is 0 Å². The van der Waals surface area contributed by atoms with E-state index in [-0.39, 0.29) is 0 Å². The lowest BCUT2D eigenvalue weighted by atomic mass is 9.73. The zero-order chi connectivity index (χ0) is 12.6. The highest BCUT2D eigenvalue weighted by Crippen LogP contribution is 2.44. The van der Waals surface area contributed by atoms with Crippen molar-refractivity contribution in [1.82, 2.24) is 9.78 Å². The molecule has 0 bridgehead atoms. The van der Waals surface area contributed by atoms with Crippen molar-refractivity contribution in [3.05, 3.63) is 11.8 Å². The second kappa shape index (κ2) is 4.57. The van der Waals surface area contributed by atoms with Crippen LogP contribution in [0, 0.1) is 5.41 Å². The van der Waals surface area contributed by atoms with E-state index >= 15 is 0 Å². The maximum Gasteiger partial charge on any atom is 0.155 e. The Kier molecular flexibility index (Phi) is 3.06. The lowest BCUT2D eigenvalue weighted by Crippen LogP contribution is -2.56. The Morgan fingerprint density at radius 2 is 1.89 bits per heavy atom. The Labute approximate surface area is 109 Å². The van der Waals surface area contributed by atoms with Gasteiger partial charge in [0.1, 0.15) is 0 Å². The summed E-state index contributed by atoms with van der Waals surface area (Å²) in [5.41, 5.74) is 7.57. The molecule has 1 aliphatic heterocycles. The average Bonchev–Trinajstić information content (AvgIpc) is 2.55. The zero-order valence-electron chi connectivity index (χ0n) is 11.4. The first-order chi connectivity index (χ1) is 8.72. The molecule has 0 radical (unpaired) electrons. The molecule has 1 aromatic rings. The van der Waals surface area contributed by atoms with E-state index in [0.717, 1.165) is 5.82 Å². The molecule has 2 aliphatic rings. The molecule has 0 amide bonds. The molecule has 3 rings (SSSR count). The Balaban J connectivity index is 1.70. The highest BCUT2D eigenvalue weighted by Gasteiger charge is 2.43. The van der Waals surface area contributed by atoms with E-state index in [9.17, 15) is 0 Å². The van der Waals surface area contributed by atoms with E-state index in [1.165, 1.54) is 57.2 Å². The van der Waals surface area contributed by atoms with Gasteiger partial charge in [-0.1, -0.05) is 25.7 Å². The summed E-state index contributed by atoms with van der Waals surface area (Å²) in [6, 6.07) is 0. The lowest BCUT2D eigenvalue weighted by Gasteiger charge is -2.51. The maximum atomic E-state index is 5.80. The molecule has 1 spiro atoms. The monoisotopic (exact) mass is 248 g/mol. The molecule has 2 heterocycles. The number of aryl methyl sites for hydroxylation is 1. The summed E-state index contributed by atoms with van der Waals surface area (Å²) >= 11 is 0. The first-order valence-corrected chi connectivity index (χ1v) is 7.20. The van der Waals surface area contributed by atoms with Gasteiger partial charge in [0.15, 0.2) is 5.82 Å². The molecule has 4 heteroatoms. The van der Waals surface area contributed by atoms with Crippen LogP contribution in [0.15, 0.2) is 6.20 Å². The van der Waals surface area contributed by atoms with Gasteiger partial charge in [0.25, 0.3) is 0 Å². The van der Waals surface area contributed by atoms with E-state index in [0.29, 0.717) is 12.0 Å². The topological polar surface area (TPSA) is 47.1 Å². The van der Waals surface area contributed by atoms with Crippen molar-refractivity contribution in [2.45, 2.75) is 45.1 Å². The lowest BCUT2D eigenvalue weighted by molar-refractivity contribution is 0.179. The van der Waals surface area contributed by atoms with Crippen molar-refractivity contribution in [2.75, 3.05) is 18.0 Å².